The maximum atomic E-state index is 13.9. The molecular weight excluding hydrogens is 317 g/mol. The molecule has 5 nitrogen and oxygen atoms in total. The minimum absolute atomic E-state index is 0.189. The number of rotatable bonds is 8. The van der Waals surface area contributed by atoms with E-state index in [0.29, 0.717) is 29.2 Å². The second-order valence-corrected chi connectivity index (χ2v) is 6.47. The van der Waals surface area contributed by atoms with Crippen LogP contribution in [0.1, 0.15) is 45.7 Å². The maximum absolute atomic E-state index is 13.9. The lowest BCUT2D eigenvalue weighted by molar-refractivity contribution is 0.178. The average Bonchev–Trinajstić information content (AvgIpc) is 2.56. The van der Waals surface area contributed by atoms with E-state index >= 15 is 0 Å². The number of halogens is 1. The Labute approximate surface area is 150 Å². The molecule has 0 aliphatic rings. The third-order valence-electron chi connectivity index (χ3n) is 3.92. The fraction of sp³-hybridized carbons (Fsp3) is 0.579. The number of guanidine groups is 1. The molecule has 2 N–H and O–H groups in total. The fourth-order valence-corrected chi connectivity index (χ4v) is 2.69. The van der Waals surface area contributed by atoms with E-state index in [1.807, 2.05) is 13.0 Å². The van der Waals surface area contributed by atoms with Gasteiger partial charge in [-0.1, -0.05) is 0 Å². The minimum atomic E-state index is -0.343. The first-order chi connectivity index (χ1) is 11.9. The highest BCUT2D eigenvalue weighted by Gasteiger charge is 2.12. The quantitative estimate of drug-likeness (QED) is 0.561. The maximum Gasteiger partial charge on any atom is 0.191 e. The molecule has 0 unspecified atom stereocenters. The lowest BCUT2D eigenvalue weighted by Gasteiger charge is -2.30. The monoisotopic (exact) mass is 347 g/mol. The van der Waals surface area contributed by atoms with Gasteiger partial charge in [-0.3, -0.25) is 4.90 Å². The standard InChI is InChI=1S/C19H30FN5/c1-6-22-19(23-9-10-25(14(2)3)15(4)5)24-13-17-11-16(12-21)7-8-18(17)20/h7-8,11,14-15H,6,9-10,13H2,1-5H3,(H2,22,23,24). The Kier molecular flexibility index (Phi) is 8.93. The molecular formula is C19H30FN5. The van der Waals surface area contributed by atoms with Gasteiger partial charge < -0.3 is 10.6 Å². The summed E-state index contributed by atoms with van der Waals surface area (Å²) in [4.78, 5) is 6.83. The van der Waals surface area contributed by atoms with Crippen LogP contribution >= 0.6 is 0 Å². The van der Waals surface area contributed by atoms with Crippen LogP contribution in [0.3, 0.4) is 0 Å². The number of hydrogen-bond donors (Lipinski definition) is 2. The summed E-state index contributed by atoms with van der Waals surface area (Å²) in [6.45, 7) is 13.3. The van der Waals surface area contributed by atoms with E-state index in [4.69, 9.17) is 5.26 Å². The van der Waals surface area contributed by atoms with Gasteiger partial charge in [0.05, 0.1) is 18.2 Å². The van der Waals surface area contributed by atoms with Crippen molar-refractivity contribution in [2.45, 2.75) is 53.2 Å². The third kappa shape index (κ3) is 7.10. The Morgan fingerprint density at radius 1 is 1.24 bits per heavy atom. The van der Waals surface area contributed by atoms with Gasteiger partial charge in [0.15, 0.2) is 5.96 Å². The number of nitriles is 1. The van der Waals surface area contributed by atoms with Crippen LogP contribution in [0, 0.1) is 17.1 Å². The van der Waals surface area contributed by atoms with Crippen molar-refractivity contribution in [3.05, 3.63) is 35.1 Å². The molecule has 1 aromatic rings. The van der Waals surface area contributed by atoms with E-state index in [1.165, 1.54) is 12.1 Å². The van der Waals surface area contributed by atoms with Crippen LogP contribution in [0.25, 0.3) is 0 Å². The van der Waals surface area contributed by atoms with Gasteiger partial charge in [0.25, 0.3) is 0 Å². The van der Waals surface area contributed by atoms with Crippen molar-refractivity contribution in [3.8, 4) is 6.07 Å². The Bertz CT molecular complexity index is 596. The summed E-state index contributed by atoms with van der Waals surface area (Å²) in [5.41, 5.74) is 0.858. The SMILES string of the molecule is CCNC(=NCc1cc(C#N)ccc1F)NCCN(C(C)C)C(C)C. The van der Waals surface area contributed by atoms with Crippen molar-refractivity contribution in [3.63, 3.8) is 0 Å². The molecule has 0 atom stereocenters. The Hall–Kier alpha value is -2.13. The molecule has 0 aliphatic heterocycles. The molecule has 0 saturated heterocycles. The highest BCUT2D eigenvalue weighted by molar-refractivity contribution is 5.79. The molecule has 25 heavy (non-hydrogen) atoms. The van der Waals surface area contributed by atoms with Crippen LogP contribution in [-0.2, 0) is 6.54 Å². The highest BCUT2D eigenvalue weighted by Crippen LogP contribution is 2.11. The van der Waals surface area contributed by atoms with Crippen molar-refractivity contribution < 1.29 is 4.39 Å². The normalized spacial score (nSPS) is 11.9. The number of nitrogens with one attached hydrogen (secondary N) is 2. The van der Waals surface area contributed by atoms with Crippen LogP contribution in [0.5, 0.6) is 0 Å². The molecule has 0 radical (unpaired) electrons. The second-order valence-electron chi connectivity index (χ2n) is 6.47. The van der Waals surface area contributed by atoms with Crippen LogP contribution < -0.4 is 10.6 Å². The van der Waals surface area contributed by atoms with Crippen molar-refractivity contribution in [2.24, 2.45) is 4.99 Å². The van der Waals surface area contributed by atoms with Crippen LogP contribution in [-0.4, -0.2) is 42.6 Å². The van der Waals surface area contributed by atoms with Crippen molar-refractivity contribution in [1.29, 1.82) is 5.26 Å². The van der Waals surface area contributed by atoms with Gasteiger partial charge in [-0.2, -0.15) is 5.26 Å². The van der Waals surface area contributed by atoms with Crippen molar-refractivity contribution in [1.82, 2.24) is 15.5 Å². The predicted molar refractivity (Wildman–Crippen MR) is 101 cm³/mol. The molecule has 0 bridgehead atoms. The summed E-state index contributed by atoms with van der Waals surface area (Å²) >= 11 is 0. The average molecular weight is 347 g/mol. The van der Waals surface area contributed by atoms with Gasteiger partial charge in [0, 0.05) is 37.3 Å². The first-order valence-electron chi connectivity index (χ1n) is 8.85. The van der Waals surface area contributed by atoms with Crippen molar-refractivity contribution in [2.75, 3.05) is 19.6 Å². The molecule has 1 rings (SSSR count). The Morgan fingerprint density at radius 2 is 1.92 bits per heavy atom. The van der Waals surface area contributed by atoms with Gasteiger partial charge in [0.1, 0.15) is 5.82 Å². The molecule has 138 valence electrons. The first kappa shape index (κ1) is 20.9. The molecule has 0 aromatic heterocycles. The zero-order chi connectivity index (χ0) is 18.8. The van der Waals surface area contributed by atoms with Gasteiger partial charge >= 0.3 is 0 Å². The largest absolute Gasteiger partial charge is 0.357 e. The van der Waals surface area contributed by atoms with E-state index in [1.54, 1.807) is 6.07 Å². The number of hydrogen-bond acceptors (Lipinski definition) is 3. The molecule has 0 saturated carbocycles. The number of aliphatic imine (C=N–C) groups is 1. The van der Waals surface area contributed by atoms with E-state index in [2.05, 4.69) is 48.2 Å². The van der Waals surface area contributed by atoms with E-state index in [0.717, 1.165) is 19.6 Å². The highest BCUT2D eigenvalue weighted by atomic mass is 19.1. The summed E-state index contributed by atoms with van der Waals surface area (Å²) in [7, 11) is 0. The lowest BCUT2D eigenvalue weighted by atomic mass is 10.1. The molecule has 6 heteroatoms. The molecule has 1 aromatic carbocycles. The first-order valence-corrected chi connectivity index (χ1v) is 8.85. The number of nitrogens with zero attached hydrogens (tertiary/aromatic N) is 3. The molecule has 0 heterocycles. The minimum Gasteiger partial charge on any atom is -0.357 e. The topological polar surface area (TPSA) is 63.5 Å². The summed E-state index contributed by atoms with van der Waals surface area (Å²) < 4.78 is 13.9. The molecule has 0 fully saturated rings. The van der Waals surface area contributed by atoms with Gasteiger partial charge in [-0.25, -0.2) is 9.38 Å². The molecule has 0 spiro atoms. The number of benzene rings is 1. The van der Waals surface area contributed by atoms with Gasteiger partial charge in [-0.15, -0.1) is 0 Å². The van der Waals surface area contributed by atoms with Crippen LogP contribution in [0.4, 0.5) is 4.39 Å². The third-order valence-corrected chi connectivity index (χ3v) is 3.92. The van der Waals surface area contributed by atoms with E-state index in [-0.39, 0.29) is 12.4 Å². The van der Waals surface area contributed by atoms with Crippen LogP contribution in [0.15, 0.2) is 23.2 Å². The fourth-order valence-electron chi connectivity index (χ4n) is 2.69. The summed E-state index contributed by atoms with van der Waals surface area (Å²) in [6, 6.07) is 7.30. The van der Waals surface area contributed by atoms with Crippen LogP contribution in [0.2, 0.25) is 0 Å². The Balaban J connectivity index is 2.70. The molecule has 0 aliphatic carbocycles. The van der Waals surface area contributed by atoms with Crippen molar-refractivity contribution >= 4 is 5.96 Å². The zero-order valence-corrected chi connectivity index (χ0v) is 15.9. The zero-order valence-electron chi connectivity index (χ0n) is 15.9. The Morgan fingerprint density at radius 3 is 2.48 bits per heavy atom. The summed E-state index contributed by atoms with van der Waals surface area (Å²) in [5, 5.41) is 15.4. The van der Waals surface area contributed by atoms with Gasteiger partial charge in [0.2, 0.25) is 0 Å². The smallest absolute Gasteiger partial charge is 0.191 e. The summed E-state index contributed by atoms with van der Waals surface area (Å²) in [5.74, 6) is 0.307. The predicted octanol–water partition coefficient (Wildman–Crippen LogP) is 2.87. The summed E-state index contributed by atoms with van der Waals surface area (Å²) in [6.07, 6.45) is 0. The second kappa shape index (κ2) is 10.7. The van der Waals surface area contributed by atoms with E-state index < -0.39 is 0 Å². The van der Waals surface area contributed by atoms with Gasteiger partial charge in [-0.05, 0) is 52.8 Å². The van der Waals surface area contributed by atoms with E-state index in [9.17, 15) is 4.39 Å². The lowest BCUT2D eigenvalue weighted by Crippen LogP contribution is -2.45. The molecule has 0 amide bonds.